The van der Waals surface area contributed by atoms with Crippen molar-refractivity contribution < 1.29 is 21.8 Å². The smallest absolute Gasteiger partial charge is 0.339 e. The van der Waals surface area contributed by atoms with Gasteiger partial charge in [-0.3, -0.25) is 4.79 Å². The van der Waals surface area contributed by atoms with Crippen molar-refractivity contribution in [2.45, 2.75) is 18.7 Å². The van der Waals surface area contributed by atoms with Gasteiger partial charge in [0, 0.05) is 23.1 Å². The van der Waals surface area contributed by atoms with Gasteiger partial charge in [-0.25, -0.2) is 4.79 Å². The summed E-state index contributed by atoms with van der Waals surface area (Å²) < 4.78 is 35.2. The Morgan fingerprint density at radius 1 is 1.04 bits per heavy atom. The number of primary amides is 1. The van der Waals surface area contributed by atoms with Crippen LogP contribution in [-0.4, -0.2) is 14.3 Å². The topological polar surface area (TPSA) is 117 Å². The number of hydrogen-bond donors (Lipinski definition) is 1. The normalized spacial score (nSPS) is 11.5. The molecule has 1 heterocycles. The monoisotopic (exact) mass is 373 g/mol. The molecule has 0 radical (unpaired) electrons. The number of carbonyl (C=O) groups excluding carboxylic acids is 1. The van der Waals surface area contributed by atoms with E-state index in [1.165, 1.54) is 30.3 Å². The Kier molecular flexibility index (Phi) is 4.29. The van der Waals surface area contributed by atoms with E-state index >= 15 is 0 Å². The second-order valence-corrected chi connectivity index (χ2v) is 7.33. The maximum absolute atomic E-state index is 12.5. The van der Waals surface area contributed by atoms with Crippen LogP contribution in [0.1, 0.15) is 21.5 Å². The molecular weight excluding hydrogens is 358 g/mol. The third-order valence-corrected chi connectivity index (χ3v) is 5.14. The molecule has 1 amide bonds. The van der Waals surface area contributed by atoms with Crippen molar-refractivity contribution in [2.24, 2.45) is 5.73 Å². The highest BCUT2D eigenvalue weighted by atomic mass is 32.2. The van der Waals surface area contributed by atoms with Crippen molar-refractivity contribution in [3.05, 3.63) is 69.6 Å². The SMILES string of the molecule is Cc1ccc(S(=O)(=O)Oc2ccc3c(C)cc(=O)oc3c2)cc1C(N)=O. The molecule has 0 atom stereocenters. The lowest BCUT2D eigenvalue weighted by atomic mass is 10.1. The fraction of sp³-hybridized carbons (Fsp3) is 0.111. The first-order chi connectivity index (χ1) is 12.2. The van der Waals surface area contributed by atoms with Crippen molar-refractivity contribution in [1.29, 1.82) is 0 Å². The molecular formula is C18H15NO6S. The number of benzene rings is 2. The minimum atomic E-state index is -4.20. The average molecular weight is 373 g/mol. The van der Waals surface area contributed by atoms with Crippen LogP contribution in [0.4, 0.5) is 0 Å². The van der Waals surface area contributed by atoms with Crippen LogP contribution in [0.2, 0.25) is 0 Å². The molecule has 3 rings (SSSR count). The van der Waals surface area contributed by atoms with E-state index in [9.17, 15) is 18.0 Å². The standard InChI is InChI=1S/C18H15NO6S/c1-10-3-5-13(9-15(10)18(19)21)26(22,23)25-12-4-6-14-11(2)7-17(20)24-16(14)8-12/h3-9H,1-2H3,(H2,19,21). The molecule has 0 bridgehead atoms. The number of nitrogens with two attached hydrogens (primary N) is 1. The summed E-state index contributed by atoms with van der Waals surface area (Å²) >= 11 is 0. The first kappa shape index (κ1) is 17.7. The van der Waals surface area contributed by atoms with E-state index in [0.29, 0.717) is 16.5 Å². The third-order valence-electron chi connectivity index (χ3n) is 3.89. The molecule has 0 saturated heterocycles. The van der Waals surface area contributed by atoms with Gasteiger partial charge in [-0.2, -0.15) is 8.42 Å². The Balaban J connectivity index is 2.02. The second-order valence-electron chi connectivity index (χ2n) is 5.78. The molecule has 2 aromatic carbocycles. The average Bonchev–Trinajstić information content (AvgIpc) is 2.53. The third kappa shape index (κ3) is 3.31. The highest BCUT2D eigenvalue weighted by Crippen LogP contribution is 2.25. The summed E-state index contributed by atoms with van der Waals surface area (Å²) in [4.78, 5) is 22.7. The van der Waals surface area contributed by atoms with Crippen molar-refractivity contribution in [1.82, 2.24) is 0 Å². The van der Waals surface area contributed by atoms with Crippen molar-refractivity contribution in [2.75, 3.05) is 0 Å². The largest absolute Gasteiger partial charge is 0.423 e. The quantitative estimate of drug-likeness (QED) is 0.554. The Hall–Kier alpha value is -3.13. The molecule has 0 aliphatic carbocycles. The molecule has 134 valence electrons. The molecule has 0 fully saturated rings. The van der Waals surface area contributed by atoms with E-state index in [0.717, 1.165) is 6.07 Å². The molecule has 0 saturated carbocycles. The molecule has 3 aromatic rings. The van der Waals surface area contributed by atoms with Crippen molar-refractivity contribution >= 4 is 27.0 Å². The lowest BCUT2D eigenvalue weighted by Gasteiger charge is -2.10. The van der Waals surface area contributed by atoms with Gasteiger partial charge in [-0.05, 0) is 49.2 Å². The predicted molar refractivity (Wildman–Crippen MR) is 94.7 cm³/mol. The summed E-state index contributed by atoms with van der Waals surface area (Å²) in [6.07, 6.45) is 0. The Bertz CT molecular complexity index is 1190. The molecule has 0 spiro atoms. The van der Waals surface area contributed by atoms with Crippen LogP contribution in [0.25, 0.3) is 11.0 Å². The number of carbonyl (C=O) groups is 1. The van der Waals surface area contributed by atoms with Gasteiger partial charge < -0.3 is 14.3 Å². The molecule has 0 aliphatic heterocycles. The van der Waals surface area contributed by atoms with Crippen LogP contribution < -0.4 is 15.5 Å². The number of fused-ring (bicyclic) bond motifs is 1. The number of amides is 1. The van der Waals surface area contributed by atoms with Gasteiger partial charge in [0.2, 0.25) is 5.91 Å². The Morgan fingerprint density at radius 2 is 1.77 bits per heavy atom. The summed E-state index contributed by atoms with van der Waals surface area (Å²) in [6.45, 7) is 3.39. The summed E-state index contributed by atoms with van der Waals surface area (Å²) in [7, 11) is -4.20. The molecule has 2 N–H and O–H groups in total. The van der Waals surface area contributed by atoms with E-state index in [-0.39, 0.29) is 21.8 Å². The van der Waals surface area contributed by atoms with E-state index in [4.69, 9.17) is 14.3 Å². The first-order valence-electron chi connectivity index (χ1n) is 7.57. The van der Waals surface area contributed by atoms with Crippen LogP contribution >= 0.6 is 0 Å². The van der Waals surface area contributed by atoms with Gasteiger partial charge in [0.05, 0.1) is 0 Å². The highest BCUT2D eigenvalue weighted by molar-refractivity contribution is 7.87. The van der Waals surface area contributed by atoms with Gasteiger partial charge >= 0.3 is 15.7 Å². The maximum Gasteiger partial charge on any atom is 0.339 e. The van der Waals surface area contributed by atoms with Gasteiger partial charge in [0.15, 0.2) is 0 Å². The van der Waals surface area contributed by atoms with E-state index in [2.05, 4.69) is 0 Å². The van der Waals surface area contributed by atoms with Crippen LogP contribution in [0.15, 0.2) is 56.6 Å². The second kappa shape index (κ2) is 6.30. The molecule has 7 nitrogen and oxygen atoms in total. The van der Waals surface area contributed by atoms with E-state index in [1.54, 1.807) is 19.9 Å². The van der Waals surface area contributed by atoms with Crippen LogP contribution in [0, 0.1) is 13.8 Å². The van der Waals surface area contributed by atoms with Gasteiger partial charge in [0.1, 0.15) is 16.2 Å². The highest BCUT2D eigenvalue weighted by Gasteiger charge is 2.20. The predicted octanol–water partition coefficient (Wildman–Crippen LogP) is 2.28. The van der Waals surface area contributed by atoms with Crippen LogP contribution in [-0.2, 0) is 10.1 Å². The number of aryl methyl sites for hydroxylation is 2. The molecule has 8 heteroatoms. The first-order valence-corrected chi connectivity index (χ1v) is 8.98. The number of rotatable bonds is 4. The summed E-state index contributed by atoms with van der Waals surface area (Å²) in [5, 5.41) is 0.667. The van der Waals surface area contributed by atoms with Crippen LogP contribution in [0.3, 0.4) is 0 Å². The lowest BCUT2D eigenvalue weighted by molar-refractivity contribution is 0.0999. The van der Waals surface area contributed by atoms with Gasteiger partial charge in [-0.15, -0.1) is 0 Å². The zero-order valence-electron chi connectivity index (χ0n) is 14.0. The van der Waals surface area contributed by atoms with Gasteiger partial charge in [-0.1, -0.05) is 6.07 Å². The van der Waals surface area contributed by atoms with Crippen LogP contribution in [0.5, 0.6) is 5.75 Å². The summed E-state index contributed by atoms with van der Waals surface area (Å²) in [5.41, 5.74) is 6.28. The van der Waals surface area contributed by atoms with Gasteiger partial charge in [0.25, 0.3) is 0 Å². The van der Waals surface area contributed by atoms with E-state index < -0.39 is 21.7 Å². The summed E-state index contributed by atoms with van der Waals surface area (Å²) in [5.74, 6) is -0.755. The molecule has 26 heavy (non-hydrogen) atoms. The molecule has 0 unspecified atom stereocenters. The zero-order valence-corrected chi connectivity index (χ0v) is 14.8. The lowest BCUT2D eigenvalue weighted by Crippen LogP contribution is -2.15. The molecule has 1 aromatic heterocycles. The number of hydrogen-bond acceptors (Lipinski definition) is 6. The fourth-order valence-corrected chi connectivity index (χ4v) is 3.50. The molecule has 0 aliphatic rings. The minimum Gasteiger partial charge on any atom is -0.423 e. The van der Waals surface area contributed by atoms with Crippen molar-refractivity contribution in [3.63, 3.8) is 0 Å². The van der Waals surface area contributed by atoms with Crippen molar-refractivity contribution in [3.8, 4) is 5.75 Å². The maximum atomic E-state index is 12.5. The Morgan fingerprint density at radius 3 is 2.46 bits per heavy atom. The van der Waals surface area contributed by atoms with E-state index in [1.807, 2.05) is 0 Å². The summed E-state index contributed by atoms with van der Waals surface area (Å²) in [6, 6.07) is 9.68. The minimum absolute atomic E-state index is 0.0209. The Labute approximate surface area is 149 Å². The zero-order chi connectivity index (χ0) is 19.1. The fourth-order valence-electron chi connectivity index (χ4n) is 2.55.